The van der Waals surface area contributed by atoms with Gasteiger partial charge in [0.2, 0.25) is 0 Å². The smallest absolute Gasteiger partial charge is 0.101 e. The Kier molecular flexibility index (Phi) is 3.12. The molecule has 1 aliphatic rings. The standard InChI is InChI=1S/C13H16N2O/c1-16-13(7-4-8-13)10-15-12-6-3-2-5-11(12)9-14/h2-3,5-6,15H,4,7-8,10H2,1H3. The third kappa shape index (κ3) is 2.02. The second-order valence-electron chi connectivity index (χ2n) is 4.25. The van der Waals surface area contributed by atoms with Crippen molar-refractivity contribution in [3.63, 3.8) is 0 Å². The number of nitrogens with zero attached hydrogens (tertiary/aromatic N) is 1. The molecule has 3 heteroatoms. The molecule has 2 rings (SSSR count). The van der Waals surface area contributed by atoms with Crippen molar-refractivity contribution in [1.82, 2.24) is 0 Å². The van der Waals surface area contributed by atoms with Crippen LogP contribution < -0.4 is 5.32 Å². The van der Waals surface area contributed by atoms with Crippen LogP contribution in [0.1, 0.15) is 24.8 Å². The van der Waals surface area contributed by atoms with Crippen LogP contribution in [-0.2, 0) is 4.74 Å². The average Bonchev–Trinajstić information content (AvgIpc) is 2.29. The van der Waals surface area contributed by atoms with Crippen LogP contribution in [0.15, 0.2) is 24.3 Å². The number of nitriles is 1. The number of nitrogens with one attached hydrogen (secondary N) is 1. The number of methoxy groups -OCH3 is 1. The molecule has 1 aromatic rings. The van der Waals surface area contributed by atoms with E-state index in [2.05, 4.69) is 11.4 Å². The van der Waals surface area contributed by atoms with Crippen molar-refractivity contribution in [1.29, 1.82) is 5.26 Å². The van der Waals surface area contributed by atoms with Gasteiger partial charge in [-0.15, -0.1) is 0 Å². The molecule has 0 bridgehead atoms. The van der Waals surface area contributed by atoms with E-state index in [4.69, 9.17) is 10.00 Å². The Bertz CT molecular complexity index is 399. The summed E-state index contributed by atoms with van der Waals surface area (Å²) in [6, 6.07) is 9.74. The third-order valence-electron chi connectivity index (χ3n) is 3.35. The molecule has 0 radical (unpaired) electrons. The Morgan fingerprint density at radius 3 is 2.75 bits per heavy atom. The molecule has 0 amide bonds. The highest BCUT2D eigenvalue weighted by Gasteiger charge is 2.36. The fraction of sp³-hybridized carbons (Fsp3) is 0.462. The quantitative estimate of drug-likeness (QED) is 0.841. The molecule has 0 unspecified atom stereocenters. The minimum Gasteiger partial charge on any atom is -0.381 e. The SMILES string of the molecule is COC1(CNc2ccccc2C#N)CCC1. The average molecular weight is 216 g/mol. The van der Waals surface area contributed by atoms with Crippen LogP contribution in [-0.4, -0.2) is 19.3 Å². The number of para-hydroxylation sites is 1. The molecule has 0 saturated heterocycles. The molecule has 0 aliphatic heterocycles. The van der Waals surface area contributed by atoms with Gasteiger partial charge in [0.05, 0.1) is 16.9 Å². The van der Waals surface area contributed by atoms with Crippen LogP contribution in [0, 0.1) is 11.3 Å². The minimum absolute atomic E-state index is 0.0113. The predicted octanol–water partition coefficient (Wildman–Crippen LogP) is 2.54. The van der Waals surface area contributed by atoms with E-state index < -0.39 is 0 Å². The molecule has 1 N–H and O–H groups in total. The van der Waals surface area contributed by atoms with Gasteiger partial charge in [0.15, 0.2) is 0 Å². The van der Waals surface area contributed by atoms with E-state index in [1.807, 2.05) is 24.3 Å². The van der Waals surface area contributed by atoms with Crippen molar-refractivity contribution in [2.45, 2.75) is 24.9 Å². The van der Waals surface area contributed by atoms with E-state index in [9.17, 15) is 0 Å². The highest BCUT2D eigenvalue weighted by Crippen LogP contribution is 2.35. The molecule has 1 saturated carbocycles. The second kappa shape index (κ2) is 4.54. The van der Waals surface area contributed by atoms with E-state index in [1.165, 1.54) is 6.42 Å². The Hall–Kier alpha value is -1.53. The first-order valence-electron chi connectivity index (χ1n) is 5.58. The first kappa shape index (κ1) is 11.0. The summed E-state index contributed by atoms with van der Waals surface area (Å²) in [4.78, 5) is 0. The fourth-order valence-electron chi connectivity index (χ4n) is 2.02. The number of anilines is 1. The molecular formula is C13H16N2O. The van der Waals surface area contributed by atoms with Gasteiger partial charge in [-0.3, -0.25) is 0 Å². The van der Waals surface area contributed by atoms with E-state index in [0.717, 1.165) is 25.1 Å². The zero-order valence-corrected chi connectivity index (χ0v) is 9.49. The Labute approximate surface area is 96.0 Å². The zero-order valence-electron chi connectivity index (χ0n) is 9.49. The van der Waals surface area contributed by atoms with Crippen LogP contribution in [0.25, 0.3) is 0 Å². The van der Waals surface area contributed by atoms with Crippen molar-refractivity contribution in [2.75, 3.05) is 19.0 Å². The fourth-order valence-corrected chi connectivity index (χ4v) is 2.02. The molecule has 1 fully saturated rings. The van der Waals surface area contributed by atoms with Crippen LogP contribution in [0.4, 0.5) is 5.69 Å². The molecular weight excluding hydrogens is 200 g/mol. The highest BCUT2D eigenvalue weighted by atomic mass is 16.5. The lowest BCUT2D eigenvalue weighted by Crippen LogP contribution is -2.45. The van der Waals surface area contributed by atoms with Gasteiger partial charge in [0.25, 0.3) is 0 Å². The number of hydrogen-bond acceptors (Lipinski definition) is 3. The lowest BCUT2D eigenvalue weighted by Gasteiger charge is -2.40. The van der Waals surface area contributed by atoms with Gasteiger partial charge >= 0.3 is 0 Å². The molecule has 0 spiro atoms. The van der Waals surface area contributed by atoms with E-state index in [-0.39, 0.29) is 5.60 Å². The largest absolute Gasteiger partial charge is 0.381 e. The number of hydrogen-bond donors (Lipinski definition) is 1. The van der Waals surface area contributed by atoms with Gasteiger partial charge in [-0.2, -0.15) is 5.26 Å². The maximum atomic E-state index is 8.95. The molecule has 16 heavy (non-hydrogen) atoms. The summed E-state index contributed by atoms with van der Waals surface area (Å²) in [5, 5.41) is 12.3. The number of rotatable bonds is 4. The first-order chi connectivity index (χ1) is 7.79. The lowest BCUT2D eigenvalue weighted by atomic mass is 9.80. The second-order valence-corrected chi connectivity index (χ2v) is 4.25. The predicted molar refractivity (Wildman–Crippen MR) is 63.2 cm³/mol. The van der Waals surface area contributed by atoms with Crippen molar-refractivity contribution in [3.05, 3.63) is 29.8 Å². The van der Waals surface area contributed by atoms with Gasteiger partial charge in [0.1, 0.15) is 6.07 Å². The summed E-state index contributed by atoms with van der Waals surface area (Å²) in [5.74, 6) is 0. The van der Waals surface area contributed by atoms with Gasteiger partial charge in [0, 0.05) is 13.7 Å². The van der Waals surface area contributed by atoms with Crippen molar-refractivity contribution in [3.8, 4) is 6.07 Å². The summed E-state index contributed by atoms with van der Waals surface area (Å²) in [6.45, 7) is 0.780. The maximum Gasteiger partial charge on any atom is 0.101 e. The summed E-state index contributed by atoms with van der Waals surface area (Å²) >= 11 is 0. The molecule has 1 aliphatic carbocycles. The molecule has 0 aromatic heterocycles. The Balaban J connectivity index is 2.02. The van der Waals surface area contributed by atoms with Crippen LogP contribution in [0.5, 0.6) is 0 Å². The summed E-state index contributed by atoms with van der Waals surface area (Å²) < 4.78 is 5.52. The van der Waals surface area contributed by atoms with Gasteiger partial charge in [-0.25, -0.2) is 0 Å². The maximum absolute atomic E-state index is 8.95. The number of ether oxygens (including phenoxy) is 1. The van der Waals surface area contributed by atoms with Crippen LogP contribution in [0.2, 0.25) is 0 Å². The monoisotopic (exact) mass is 216 g/mol. The molecule has 0 atom stereocenters. The topological polar surface area (TPSA) is 45.0 Å². The molecule has 3 nitrogen and oxygen atoms in total. The molecule has 0 heterocycles. The summed E-state index contributed by atoms with van der Waals surface area (Å²) in [6.07, 6.45) is 3.44. The van der Waals surface area contributed by atoms with Crippen molar-refractivity contribution in [2.24, 2.45) is 0 Å². The van der Waals surface area contributed by atoms with E-state index in [0.29, 0.717) is 5.56 Å². The van der Waals surface area contributed by atoms with Gasteiger partial charge in [-0.05, 0) is 31.4 Å². The van der Waals surface area contributed by atoms with E-state index >= 15 is 0 Å². The van der Waals surface area contributed by atoms with Gasteiger partial charge in [-0.1, -0.05) is 12.1 Å². The summed E-state index contributed by atoms with van der Waals surface area (Å²) in [7, 11) is 1.76. The third-order valence-corrected chi connectivity index (χ3v) is 3.35. The normalized spacial score (nSPS) is 17.2. The van der Waals surface area contributed by atoms with Crippen molar-refractivity contribution < 1.29 is 4.74 Å². The lowest BCUT2D eigenvalue weighted by molar-refractivity contribution is -0.0601. The Morgan fingerprint density at radius 2 is 2.19 bits per heavy atom. The first-order valence-corrected chi connectivity index (χ1v) is 5.58. The zero-order chi connectivity index (χ0) is 11.4. The summed E-state index contributed by atoms with van der Waals surface area (Å²) in [5.41, 5.74) is 1.57. The van der Waals surface area contributed by atoms with Crippen LogP contribution >= 0.6 is 0 Å². The van der Waals surface area contributed by atoms with Crippen LogP contribution in [0.3, 0.4) is 0 Å². The molecule has 84 valence electrons. The highest BCUT2D eigenvalue weighted by molar-refractivity contribution is 5.57. The number of benzene rings is 1. The van der Waals surface area contributed by atoms with Gasteiger partial charge < -0.3 is 10.1 Å². The minimum atomic E-state index is -0.0113. The van der Waals surface area contributed by atoms with E-state index in [1.54, 1.807) is 7.11 Å². The molecule has 1 aromatic carbocycles. The Morgan fingerprint density at radius 1 is 1.44 bits per heavy atom. The van der Waals surface area contributed by atoms with Crippen molar-refractivity contribution >= 4 is 5.69 Å².